The van der Waals surface area contributed by atoms with Crippen molar-refractivity contribution in [3.05, 3.63) is 65.2 Å². The molecule has 0 fully saturated rings. The Kier molecular flexibility index (Phi) is 6.89. The second-order valence-electron chi connectivity index (χ2n) is 7.78. The Balaban J connectivity index is 2.15. The maximum Gasteiger partial charge on any atom is 0.420 e. The molecule has 0 aliphatic heterocycles. The summed E-state index contributed by atoms with van der Waals surface area (Å²) in [6.45, 7) is 5.23. The van der Waals surface area contributed by atoms with Crippen LogP contribution in [0.3, 0.4) is 0 Å². The summed E-state index contributed by atoms with van der Waals surface area (Å²) in [5, 5.41) is 9.90. The smallest absolute Gasteiger partial charge is 0.420 e. The van der Waals surface area contributed by atoms with E-state index in [0.717, 1.165) is 0 Å². The lowest BCUT2D eigenvalue weighted by Crippen LogP contribution is -2.34. The molecule has 2 heterocycles. The Morgan fingerprint density at radius 3 is 2.55 bits per heavy atom. The molecule has 0 radical (unpaired) electrons. The number of rotatable bonds is 4. The Morgan fingerprint density at radius 1 is 1.15 bits per heavy atom. The second-order valence-corrected chi connectivity index (χ2v) is 8.22. The summed E-state index contributed by atoms with van der Waals surface area (Å²) in [6, 6.07) is 10.0. The largest absolute Gasteiger partial charge is 0.465 e. The SMILES string of the molecule is COC(=O)c1cnc(C#N)c(-c2cncc(N(C(=O)OC(C)(C)C)c3cccc(Cl)c3)n2)c1. The molecule has 33 heavy (non-hydrogen) atoms. The fourth-order valence-electron chi connectivity index (χ4n) is 2.83. The maximum absolute atomic E-state index is 13.1. The third-order valence-corrected chi connectivity index (χ3v) is 4.42. The first-order chi connectivity index (χ1) is 15.6. The van der Waals surface area contributed by atoms with E-state index in [1.165, 1.54) is 36.7 Å². The zero-order valence-electron chi connectivity index (χ0n) is 18.4. The third kappa shape index (κ3) is 5.61. The Bertz CT molecular complexity index is 1250. The summed E-state index contributed by atoms with van der Waals surface area (Å²) in [4.78, 5) is 39.0. The maximum atomic E-state index is 13.1. The van der Waals surface area contributed by atoms with E-state index in [0.29, 0.717) is 10.7 Å². The highest BCUT2D eigenvalue weighted by Gasteiger charge is 2.27. The Hall–Kier alpha value is -4.03. The van der Waals surface area contributed by atoms with Gasteiger partial charge < -0.3 is 9.47 Å². The van der Waals surface area contributed by atoms with Crippen molar-refractivity contribution < 1.29 is 19.1 Å². The minimum Gasteiger partial charge on any atom is -0.465 e. The molecule has 3 rings (SSSR count). The predicted molar refractivity (Wildman–Crippen MR) is 121 cm³/mol. The van der Waals surface area contributed by atoms with Crippen LogP contribution in [-0.2, 0) is 9.47 Å². The zero-order chi connectivity index (χ0) is 24.2. The first-order valence-electron chi connectivity index (χ1n) is 9.72. The lowest BCUT2D eigenvalue weighted by molar-refractivity contribution is 0.0589. The number of hydrogen-bond acceptors (Lipinski definition) is 8. The number of pyridine rings is 1. The number of carbonyl (C=O) groups is 2. The molecule has 0 aliphatic carbocycles. The third-order valence-electron chi connectivity index (χ3n) is 4.18. The van der Waals surface area contributed by atoms with Gasteiger partial charge in [0.15, 0.2) is 5.82 Å². The van der Waals surface area contributed by atoms with Crippen LogP contribution in [-0.4, -0.2) is 39.7 Å². The van der Waals surface area contributed by atoms with Crippen LogP contribution in [0.2, 0.25) is 5.02 Å². The number of nitrogens with zero attached hydrogens (tertiary/aromatic N) is 5. The predicted octanol–water partition coefficient (Wildman–Crippen LogP) is 4.92. The highest BCUT2D eigenvalue weighted by Crippen LogP contribution is 2.30. The minimum atomic E-state index is -0.772. The van der Waals surface area contributed by atoms with Gasteiger partial charge in [-0.25, -0.2) is 24.5 Å². The molecule has 1 aromatic carbocycles. The van der Waals surface area contributed by atoms with E-state index in [1.807, 2.05) is 6.07 Å². The fraction of sp³-hybridized carbons (Fsp3) is 0.217. The summed E-state index contributed by atoms with van der Waals surface area (Å²) in [5.41, 5.74) is 0.275. The summed E-state index contributed by atoms with van der Waals surface area (Å²) in [5.74, 6) is -0.497. The molecule has 3 aromatic rings. The van der Waals surface area contributed by atoms with Crippen LogP contribution in [0.5, 0.6) is 0 Å². The van der Waals surface area contributed by atoms with Crippen molar-refractivity contribution in [2.24, 2.45) is 0 Å². The van der Waals surface area contributed by atoms with E-state index in [4.69, 9.17) is 21.1 Å². The van der Waals surface area contributed by atoms with Crippen LogP contribution in [0.25, 0.3) is 11.3 Å². The molecular formula is C23H20ClN5O4. The number of esters is 1. The second kappa shape index (κ2) is 9.63. The zero-order valence-corrected chi connectivity index (χ0v) is 19.1. The van der Waals surface area contributed by atoms with E-state index in [-0.39, 0.29) is 28.3 Å². The normalized spacial score (nSPS) is 10.8. The molecular weight excluding hydrogens is 446 g/mol. The van der Waals surface area contributed by atoms with Crippen LogP contribution >= 0.6 is 11.6 Å². The van der Waals surface area contributed by atoms with Gasteiger partial charge in [-0.3, -0.25) is 4.98 Å². The van der Waals surface area contributed by atoms with Gasteiger partial charge in [-0.05, 0) is 45.0 Å². The van der Waals surface area contributed by atoms with Crippen molar-refractivity contribution in [2.45, 2.75) is 26.4 Å². The van der Waals surface area contributed by atoms with Gasteiger partial charge in [0.1, 0.15) is 17.4 Å². The number of carbonyl (C=O) groups excluding carboxylic acids is 2. The highest BCUT2D eigenvalue weighted by atomic mass is 35.5. The lowest BCUT2D eigenvalue weighted by Gasteiger charge is -2.27. The number of methoxy groups -OCH3 is 1. The number of aromatic nitrogens is 3. The van der Waals surface area contributed by atoms with E-state index in [1.54, 1.807) is 45.0 Å². The molecule has 10 heteroatoms. The Labute approximate surface area is 195 Å². The van der Waals surface area contributed by atoms with E-state index in [9.17, 15) is 14.9 Å². The average Bonchev–Trinajstić information content (AvgIpc) is 2.77. The number of anilines is 2. The molecule has 1 amide bonds. The van der Waals surface area contributed by atoms with Gasteiger partial charge in [0, 0.05) is 16.8 Å². The van der Waals surface area contributed by atoms with E-state index < -0.39 is 17.7 Å². The minimum absolute atomic E-state index is 0.0284. The molecule has 168 valence electrons. The molecule has 0 spiro atoms. The molecule has 0 unspecified atom stereocenters. The van der Waals surface area contributed by atoms with Gasteiger partial charge in [0.05, 0.1) is 36.4 Å². The number of ether oxygens (including phenoxy) is 2. The van der Waals surface area contributed by atoms with Gasteiger partial charge >= 0.3 is 12.1 Å². The van der Waals surface area contributed by atoms with Crippen LogP contribution in [0.4, 0.5) is 16.3 Å². The standard InChI is InChI=1S/C23H20ClN5O4/c1-23(2,3)33-22(31)29(16-7-5-6-15(24)9-16)20-13-26-12-19(28-20)17-8-14(21(30)32-4)11-27-18(17)10-25/h5-9,11-13H,1-4H3. The van der Waals surface area contributed by atoms with Gasteiger partial charge in [0.2, 0.25) is 0 Å². The summed E-state index contributed by atoms with van der Waals surface area (Å²) >= 11 is 6.14. The van der Waals surface area contributed by atoms with Crippen LogP contribution in [0, 0.1) is 11.3 Å². The first kappa shape index (κ1) is 23.6. The van der Waals surface area contributed by atoms with Crippen LogP contribution in [0.15, 0.2) is 48.9 Å². The molecule has 0 saturated heterocycles. The van der Waals surface area contributed by atoms with Crippen molar-refractivity contribution in [1.29, 1.82) is 5.26 Å². The lowest BCUT2D eigenvalue weighted by atomic mass is 10.1. The van der Waals surface area contributed by atoms with Crippen LogP contribution in [0.1, 0.15) is 36.8 Å². The van der Waals surface area contributed by atoms with Crippen molar-refractivity contribution in [2.75, 3.05) is 12.0 Å². The van der Waals surface area contributed by atoms with Gasteiger partial charge in [0.25, 0.3) is 0 Å². The number of amides is 1. The quantitative estimate of drug-likeness (QED) is 0.498. The summed E-state index contributed by atoms with van der Waals surface area (Å²) in [6.07, 6.45) is 3.31. The monoisotopic (exact) mass is 465 g/mol. The summed E-state index contributed by atoms with van der Waals surface area (Å²) < 4.78 is 10.3. The van der Waals surface area contributed by atoms with Crippen molar-refractivity contribution >= 4 is 35.2 Å². The van der Waals surface area contributed by atoms with Gasteiger partial charge in [-0.2, -0.15) is 5.26 Å². The number of hydrogen-bond donors (Lipinski definition) is 0. The van der Waals surface area contributed by atoms with E-state index in [2.05, 4.69) is 15.0 Å². The Morgan fingerprint density at radius 2 is 1.91 bits per heavy atom. The molecule has 0 bridgehead atoms. The number of halogens is 1. The number of benzene rings is 1. The van der Waals surface area contributed by atoms with Gasteiger partial charge in [-0.15, -0.1) is 0 Å². The molecule has 2 aromatic heterocycles. The summed E-state index contributed by atoms with van der Waals surface area (Å²) in [7, 11) is 1.24. The molecule has 0 atom stereocenters. The van der Waals surface area contributed by atoms with E-state index >= 15 is 0 Å². The molecule has 9 nitrogen and oxygen atoms in total. The van der Waals surface area contributed by atoms with Crippen molar-refractivity contribution in [3.63, 3.8) is 0 Å². The topological polar surface area (TPSA) is 118 Å². The van der Waals surface area contributed by atoms with Crippen molar-refractivity contribution in [1.82, 2.24) is 15.0 Å². The fourth-order valence-corrected chi connectivity index (χ4v) is 3.01. The molecule has 0 aliphatic rings. The van der Waals surface area contributed by atoms with Gasteiger partial charge in [-0.1, -0.05) is 17.7 Å². The highest BCUT2D eigenvalue weighted by molar-refractivity contribution is 6.31. The first-order valence-corrected chi connectivity index (χ1v) is 10.1. The molecule has 0 saturated carbocycles. The van der Waals surface area contributed by atoms with Crippen LogP contribution < -0.4 is 4.90 Å². The molecule has 0 N–H and O–H groups in total. The average molecular weight is 466 g/mol. The number of nitriles is 1. The van der Waals surface area contributed by atoms with Crippen molar-refractivity contribution in [3.8, 4) is 17.3 Å².